The quantitative estimate of drug-likeness (QED) is 0.879. The van der Waals surface area contributed by atoms with Crippen molar-refractivity contribution in [3.8, 4) is 0 Å². The lowest BCUT2D eigenvalue weighted by Crippen LogP contribution is -2.29. The highest BCUT2D eigenvalue weighted by Crippen LogP contribution is 2.16. The van der Waals surface area contributed by atoms with E-state index in [0.717, 1.165) is 5.56 Å². The second-order valence-corrected chi connectivity index (χ2v) is 3.82. The first-order chi connectivity index (χ1) is 8.81. The largest absolute Gasteiger partial charge is 0.467 e. The van der Waals surface area contributed by atoms with Crippen molar-refractivity contribution in [2.45, 2.75) is 12.6 Å². The summed E-state index contributed by atoms with van der Waals surface area (Å²) in [6.45, 7) is 0.360. The van der Waals surface area contributed by atoms with E-state index in [9.17, 15) is 4.79 Å². The van der Waals surface area contributed by atoms with E-state index in [1.165, 1.54) is 7.11 Å². The van der Waals surface area contributed by atoms with Crippen molar-refractivity contribution in [3.63, 3.8) is 0 Å². The van der Waals surface area contributed by atoms with Gasteiger partial charge in [-0.15, -0.1) is 0 Å². The maximum Gasteiger partial charge on any atom is 0.254 e. The number of furan rings is 1. The van der Waals surface area contributed by atoms with Crippen molar-refractivity contribution in [2.75, 3.05) is 7.11 Å². The third-order valence-electron chi connectivity index (χ3n) is 2.59. The van der Waals surface area contributed by atoms with Gasteiger partial charge in [-0.1, -0.05) is 30.3 Å². The van der Waals surface area contributed by atoms with Crippen LogP contribution in [0.15, 0.2) is 53.1 Å². The van der Waals surface area contributed by atoms with E-state index in [1.54, 1.807) is 12.3 Å². The first kappa shape index (κ1) is 12.4. The standard InChI is InChI=1S/C14H15NO3/c1-17-13(11-6-3-2-4-7-11)14(16)15-10-12-8-5-9-18-12/h2-9,13H,10H2,1H3,(H,15,16)/t13-/m1/s1. The average Bonchev–Trinajstić information content (AvgIpc) is 2.92. The summed E-state index contributed by atoms with van der Waals surface area (Å²) in [6, 6.07) is 13.0. The molecule has 1 aromatic heterocycles. The first-order valence-corrected chi connectivity index (χ1v) is 5.69. The Bertz CT molecular complexity index is 479. The van der Waals surface area contributed by atoms with Gasteiger partial charge in [0.15, 0.2) is 6.10 Å². The summed E-state index contributed by atoms with van der Waals surface area (Å²) in [5.74, 6) is 0.534. The number of hydrogen-bond donors (Lipinski definition) is 1. The maximum absolute atomic E-state index is 12.0. The van der Waals surface area contributed by atoms with Crippen molar-refractivity contribution in [2.24, 2.45) is 0 Å². The third-order valence-corrected chi connectivity index (χ3v) is 2.59. The van der Waals surface area contributed by atoms with Gasteiger partial charge in [-0.2, -0.15) is 0 Å². The van der Waals surface area contributed by atoms with Crippen LogP contribution >= 0.6 is 0 Å². The van der Waals surface area contributed by atoms with Crippen molar-refractivity contribution < 1.29 is 13.9 Å². The highest BCUT2D eigenvalue weighted by molar-refractivity contribution is 5.82. The van der Waals surface area contributed by atoms with E-state index in [2.05, 4.69) is 5.32 Å². The Labute approximate surface area is 106 Å². The van der Waals surface area contributed by atoms with Crippen LogP contribution in [0.3, 0.4) is 0 Å². The molecule has 94 valence electrons. The molecule has 0 fully saturated rings. The van der Waals surface area contributed by atoms with E-state index in [1.807, 2.05) is 36.4 Å². The summed E-state index contributed by atoms with van der Waals surface area (Å²) in [4.78, 5) is 12.0. The molecule has 4 heteroatoms. The maximum atomic E-state index is 12.0. The van der Waals surface area contributed by atoms with Crippen LogP contribution in [0.25, 0.3) is 0 Å². The molecule has 0 saturated heterocycles. The fourth-order valence-corrected chi connectivity index (χ4v) is 1.70. The topological polar surface area (TPSA) is 51.5 Å². The van der Waals surface area contributed by atoms with E-state index in [0.29, 0.717) is 12.3 Å². The lowest BCUT2D eigenvalue weighted by Gasteiger charge is -2.15. The average molecular weight is 245 g/mol. The van der Waals surface area contributed by atoms with Crippen LogP contribution in [0, 0.1) is 0 Å². The summed E-state index contributed by atoms with van der Waals surface area (Å²) >= 11 is 0. The van der Waals surface area contributed by atoms with Crippen LogP contribution < -0.4 is 5.32 Å². The summed E-state index contributed by atoms with van der Waals surface area (Å²) < 4.78 is 10.4. The normalized spacial score (nSPS) is 12.1. The van der Waals surface area contributed by atoms with E-state index in [4.69, 9.17) is 9.15 Å². The Kier molecular flexibility index (Phi) is 4.15. The van der Waals surface area contributed by atoms with Crippen molar-refractivity contribution in [1.82, 2.24) is 5.32 Å². The van der Waals surface area contributed by atoms with Crippen molar-refractivity contribution >= 4 is 5.91 Å². The number of carbonyl (C=O) groups is 1. The van der Waals surface area contributed by atoms with E-state index in [-0.39, 0.29) is 5.91 Å². The van der Waals surface area contributed by atoms with Crippen LogP contribution in [0.4, 0.5) is 0 Å². The van der Waals surface area contributed by atoms with Gasteiger partial charge in [0.2, 0.25) is 0 Å². The molecule has 0 saturated carbocycles. The highest BCUT2D eigenvalue weighted by Gasteiger charge is 2.19. The number of ether oxygens (including phenoxy) is 1. The Hall–Kier alpha value is -2.07. The number of hydrogen-bond acceptors (Lipinski definition) is 3. The number of rotatable bonds is 5. The Morgan fingerprint density at radius 3 is 2.67 bits per heavy atom. The summed E-state index contributed by atoms with van der Waals surface area (Å²) in [6.07, 6.45) is 0.980. The minimum absolute atomic E-state index is 0.180. The fourth-order valence-electron chi connectivity index (χ4n) is 1.70. The molecule has 18 heavy (non-hydrogen) atoms. The monoisotopic (exact) mass is 245 g/mol. The molecule has 0 spiro atoms. The van der Waals surface area contributed by atoms with Crippen LogP contribution in [-0.4, -0.2) is 13.0 Å². The number of nitrogens with one attached hydrogen (secondary N) is 1. The van der Waals surface area contributed by atoms with Gasteiger partial charge < -0.3 is 14.5 Å². The van der Waals surface area contributed by atoms with Gasteiger partial charge in [-0.05, 0) is 17.7 Å². The molecule has 1 heterocycles. The van der Waals surface area contributed by atoms with Crippen LogP contribution in [0.5, 0.6) is 0 Å². The molecule has 2 rings (SSSR count). The number of carbonyl (C=O) groups excluding carboxylic acids is 1. The molecular formula is C14H15NO3. The number of amides is 1. The van der Waals surface area contributed by atoms with Gasteiger partial charge in [0, 0.05) is 7.11 Å². The second-order valence-electron chi connectivity index (χ2n) is 3.82. The summed E-state index contributed by atoms with van der Waals surface area (Å²) in [5.41, 5.74) is 0.831. The Morgan fingerprint density at radius 2 is 2.06 bits per heavy atom. The van der Waals surface area contributed by atoms with Gasteiger partial charge in [0.1, 0.15) is 5.76 Å². The summed E-state index contributed by atoms with van der Waals surface area (Å²) in [7, 11) is 1.52. The molecule has 0 aliphatic heterocycles. The van der Waals surface area contributed by atoms with Gasteiger partial charge in [0.25, 0.3) is 5.91 Å². The number of methoxy groups -OCH3 is 1. The third kappa shape index (κ3) is 2.99. The molecule has 1 atom stereocenters. The molecule has 0 bridgehead atoms. The Morgan fingerprint density at radius 1 is 1.28 bits per heavy atom. The molecule has 1 N–H and O–H groups in total. The predicted octanol–water partition coefficient (Wildman–Crippen LogP) is 2.28. The predicted molar refractivity (Wildman–Crippen MR) is 66.7 cm³/mol. The molecule has 1 amide bonds. The minimum atomic E-state index is -0.596. The lowest BCUT2D eigenvalue weighted by atomic mass is 10.1. The van der Waals surface area contributed by atoms with Gasteiger partial charge in [-0.3, -0.25) is 4.79 Å². The van der Waals surface area contributed by atoms with Crippen LogP contribution in [0.1, 0.15) is 17.4 Å². The Balaban J connectivity index is 1.98. The first-order valence-electron chi connectivity index (χ1n) is 5.69. The molecule has 2 aromatic rings. The SMILES string of the molecule is CO[C@@H](C(=O)NCc1ccco1)c1ccccc1. The van der Waals surface area contributed by atoms with E-state index >= 15 is 0 Å². The molecule has 0 aliphatic carbocycles. The van der Waals surface area contributed by atoms with Gasteiger partial charge in [-0.25, -0.2) is 0 Å². The van der Waals surface area contributed by atoms with Gasteiger partial charge in [0.05, 0.1) is 12.8 Å². The molecular weight excluding hydrogens is 230 g/mol. The fraction of sp³-hybridized carbons (Fsp3) is 0.214. The van der Waals surface area contributed by atoms with Crippen molar-refractivity contribution in [1.29, 1.82) is 0 Å². The summed E-state index contributed by atoms with van der Waals surface area (Å²) in [5, 5.41) is 2.78. The van der Waals surface area contributed by atoms with Gasteiger partial charge >= 0.3 is 0 Å². The van der Waals surface area contributed by atoms with Crippen molar-refractivity contribution in [3.05, 3.63) is 60.1 Å². The molecule has 4 nitrogen and oxygen atoms in total. The zero-order valence-electron chi connectivity index (χ0n) is 10.1. The van der Waals surface area contributed by atoms with Crippen LogP contribution in [-0.2, 0) is 16.1 Å². The van der Waals surface area contributed by atoms with Crippen LogP contribution in [0.2, 0.25) is 0 Å². The lowest BCUT2D eigenvalue weighted by molar-refractivity contribution is -0.131. The zero-order valence-corrected chi connectivity index (χ0v) is 10.1. The highest BCUT2D eigenvalue weighted by atomic mass is 16.5. The molecule has 1 aromatic carbocycles. The molecule has 0 radical (unpaired) electrons. The smallest absolute Gasteiger partial charge is 0.254 e. The zero-order chi connectivity index (χ0) is 12.8. The second kappa shape index (κ2) is 6.02. The number of benzene rings is 1. The minimum Gasteiger partial charge on any atom is -0.467 e. The van der Waals surface area contributed by atoms with E-state index < -0.39 is 6.10 Å². The molecule has 0 unspecified atom stereocenters. The molecule has 0 aliphatic rings.